The molecule has 0 atom stereocenters. The Kier molecular flexibility index (Phi) is 64.4. The minimum Gasteiger partial charge on any atom is -0.450 e. The summed E-state index contributed by atoms with van der Waals surface area (Å²) in [6.45, 7) is 0. The van der Waals surface area contributed by atoms with E-state index in [1.165, 1.54) is 0 Å². The predicted octanol–water partition coefficient (Wildman–Crippen LogP) is -0.385. The van der Waals surface area contributed by atoms with E-state index in [1.807, 2.05) is 0 Å². The molecule has 0 amide bonds. The second kappa shape index (κ2) is 22.7. The van der Waals surface area contributed by atoms with Crippen LogP contribution in [0.3, 0.4) is 0 Å². The minimum absolute atomic E-state index is 0. The van der Waals surface area contributed by atoms with Gasteiger partial charge >= 0.3 is 12.3 Å². The Morgan fingerprint density at radius 3 is 0.727 bits per heavy atom. The SMILES string of the molecule is O.O=C(O)O.O=C(O)O.[Fe].[Fe]. The van der Waals surface area contributed by atoms with Gasteiger partial charge in [0.25, 0.3) is 0 Å². The van der Waals surface area contributed by atoms with Gasteiger partial charge in [0, 0.05) is 34.1 Å². The van der Waals surface area contributed by atoms with E-state index in [0.717, 1.165) is 0 Å². The minimum atomic E-state index is -1.83. The zero-order valence-corrected chi connectivity index (χ0v) is 7.02. The molecule has 0 aromatic heterocycles. The van der Waals surface area contributed by atoms with Gasteiger partial charge in [-0.3, -0.25) is 0 Å². The first-order valence-corrected chi connectivity index (χ1v) is 1.30. The molecule has 72 valence electrons. The summed E-state index contributed by atoms with van der Waals surface area (Å²) >= 11 is 0. The van der Waals surface area contributed by atoms with Crippen LogP contribution in [0, 0.1) is 0 Å². The molecule has 0 saturated heterocycles. The molecule has 0 aliphatic heterocycles. The topological polar surface area (TPSA) is 147 Å². The van der Waals surface area contributed by atoms with Crippen molar-refractivity contribution < 1.29 is 69.6 Å². The summed E-state index contributed by atoms with van der Waals surface area (Å²) in [4.78, 5) is 17.1. The zero-order chi connectivity index (χ0) is 7.15. The maximum atomic E-state index is 8.56. The van der Waals surface area contributed by atoms with Crippen molar-refractivity contribution in [3.05, 3.63) is 0 Å². The smallest absolute Gasteiger partial charge is 0.450 e. The Bertz CT molecular complexity index is 72.4. The number of carbonyl (C=O) groups is 2. The molecule has 9 heteroatoms. The van der Waals surface area contributed by atoms with Crippen molar-refractivity contribution in [2.45, 2.75) is 0 Å². The van der Waals surface area contributed by atoms with E-state index in [2.05, 4.69) is 0 Å². The number of hydrogen-bond acceptors (Lipinski definition) is 2. The standard InChI is InChI=1S/2CH2O3.2Fe.H2O/c2*2-1(3)4;;;/h2*(H2,2,3,4);;;1H2. The number of hydrogen-bond donors (Lipinski definition) is 4. The van der Waals surface area contributed by atoms with Gasteiger partial charge in [-0.15, -0.1) is 0 Å². The maximum Gasteiger partial charge on any atom is 0.503 e. The van der Waals surface area contributed by atoms with E-state index in [4.69, 9.17) is 30.0 Å². The van der Waals surface area contributed by atoms with Crippen LogP contribution in [-0.2, 0) is 34.1 Å². The molecule has 0 aliphatic carbocycles. The molecule has 6 N–H and O–H groups in total. The maximum absolute atomic E-state index is 8.56. The van der Waals surface area contributed by atoms with Crippen LogP contribution in [0.1, 0.15) is 0 Å². The van der Waals surface area contributed by atoms with Crippen LogP contribution in [0.5, 0.6) is 0 Å². The van der Waals surface area contributed by atoms with Crippen molar-refractivity contribution in [3.8, 4) is 0 Å². The van der Waals surface area contributed by atoms with Gasteiger partial charge in [-0.1, -0.05) is 0 Å². The van der Waals surface area contributed by atoms with Gasteiger partial charge in [0.15, 0.2) is 0 Å². The van der Waals surface area contributed by atoms with Gasteiger partial charge in [-0.25, -0.2) is 9.59 Å². The molecule has 0 fully saturated rings. The van der Waals surface area contributed by atoms with Crippen LogP contribution in [0.2, 0.25) is 0 Å². The Morgan fingerprint density at radius 1 is 0.727 bits per heavy atom. The van der Waals surface area contributed by atoms with E-state index in [9.17, 15) is 0 Å². The van der Waals surface area contributed by atoms with E-state index in [1.54, 1.807) is 0 Å². The summed E-state index contributed by atoms with van der Waals surface area (Å²) < 4.78 is 0. The van der Waals surface area contributed by atoms with Crippen LogP contribution >= 0.6 is 0 Å². The average molecular weight is 254 g/mol. The summed E-state index contributed by atoms with van der Waals surface area (Å²) in [5.41, 5.74) is 0. The summed E-state index contributed by atoms with van der Waals surface area (Å²) in [7, 11) is 0. The quantitative estimate of drug-likeness (QED) is 0.433. The van der Waals surface area contributed by atoms with Crippen LogP contribution < -0.4 is 0 Å². The van der Waals surface area contributed by atoms with E-state index < -0.39 is 12.3 Å². The summed E-state index contributed by atoms with van der Waals surface area (Å²) in [5.74, 6) is 0. The average Bonchev–Trinajstić information content (AvgIpc) is 1.25. The molecule has 0 radical (unpaired) electrons. The van der Waals surface area contributed by atoms with E-state index in [0.29, 0.717) is 0 Å². The van der Waals surface area contributed by atoms with Crippen molar-refractivity contribution in [2.24, 2.45) is 0 Å². The number of rotatable bonds is 0. The molecule has 7 nitrogen and oxygen atoms in total. The van der Waals surface area contributed by atoms with Crippen molar-refractivity contribution in [1.82, 2.24) is 0 Å². The van der Waals surface area contributed by atoms with Crippen molar-refractivity contribution in [3.63, 3.8) is 0 Å². The molecular weight excluding hydrogens is 248 g/mol. The third kappa shape index (κ3) is 2550. The summed E-state index contributed by atoms with van der Waals surface area (Å²) in [6, 6.07) is 0. The van der Waals surface area contributed by atoms with Gasteiger partial charge in [-0.05, 0) is 0 Å². The summed E-state index contributed by atoms with van der Waals surface area (Å²) in [5, 5.41) is 27.9. The normalized spacial score (nSPS) is 4.36. The molecule has 0 unspecified atom stereocenters. The second-order valence-electron chi connectivity index (χ2n) is 0.565. The first-order valence-electron chi connectivity index (χ1n) is 1.30. The molecule has 0 bridgehead atoms. The third-order valence-corrected chi connectivity index (χ3v) is 0. The molecule has 0 rings (SSSR count). The van der Waals surface area contributed by atoms with Gasteiger partial charge in [0.1, 0.15) is 0 Å². The van der Waals surface area contributed by atoms with Crippen LogP contribution in [0.25, 0.3) is 0 Å². The first-order chi connectivity index (χ1) is 3.46. The zero-order valence-electron chi connectivity index (χ0n) is 4.81. The molecule has 0 aliphatic rings. The van der Waals surface area contributed by atoms with Gasteiger partial charge in [0.2, 0.25) is 0 Å². The Labute approximate surface area is 82.3 Å². The first kappa shape index (κ1) is 31.3. The largest absolute Gasteiger partial charge is 0.503 e. The van der Waals surface area contributed by atoms with Crippen LogP contribution in [0.15, 0.2) is 0 Å². The Balaban J connectivity index is -0.0000000171. The van der Waals surface area contributed by atoms with Crippen LogP contribution in [-0.4, -0.2) is 38.2 Å². The Hall–Kier alpha value is -0.461. The van der Waals surface area contributed by atoms with Crippen LogP contribution in [0.4, 0.5) is 9.59 Å². The van der Waals surface area contributed by atoms with Gasteiger partial charge in [-0.2, -0.15) is 0 Å². The summed E-state index contributed by atoms with van der Waals surface area (Å²) in [6.07, 6.45) is -3.67. The van der Waals surface area contributed by atoms with Crippen molar-refractivity contribution in [1.29, 1.82) is 0 Å². The molecule has 0 aromatic rings. The third-order valence-electron chi connectivity index (χ3n) is 0. The Morgan fingerprint density at radius 2 is 0.727 bits per heavy atom. The fourth-order valence-corrected chi connectivity index (χ4v) is 0. The fourth-order valence-electron chi connectivity index (χ4n) is 0. The number of carboxylic acid groups (broad SMARTS) is 4. The van der Waals surface area contributed by atoms with E-state index in [-0.39, 0.29) is 39.6 Å². The molecule has 11 heavy (non-hydrogen) atoms. The second-order valence-corrected chi connectivity index (χ2v) is 0.565. The monoisotopic (exact) mass is 254 g/mol. The molecule has 0 aromatic carbocycles. The van der Waals surface area contributed by atoms with Gasteiger partial charge in [0.05, 0.1) is 0 Å². The van der Waals surface area contributed by atoms with E-state index >= 15 is 0 Å². The fraction of sp³-hybridized carbons (Fsp3) is 0. The van der Waals surface area contributed by atoms with Gasteiger partial charge < -0.3 is 25.9 Å². The molecule has 0 heterocycles. The molecule has 0 saturated carbocycles. The predicted molar refractivity (Wildman–Crippen MR) is 24.9 cm³/mol. The molecular formula is C2H6Fe2O7. The molecule has 0 spiro atoms. The van der Waals surface area contributed by atoms with Crippen molar-refractivity contribution >= 4 is 12.3 Å². The van der Waals surface area contributed by atoms with Crippen molar-refractivity contribution in [2.75, 3.05) is 0 Å².